The van der Waals surface area contributed by atoms with Crippen molar-refractivity contribution in [3.63, 3.8) is 0 Å². The fraction of sp³-hybridized carbons (Fsp3) is 0.500. The van der Waals surface area contributed by atoms with Crippen LogP contribution in [0.25, 0.3) is 11.2 Å². The minimum absolute atomic E-state index is 0.0671. The summed E-state index contributed by atoms with van der Waals surface area (Å²) >= 11 is 0. The molecule has 0 bridgehead atoms. The average molecular weight is 432 g/mol. The highest BCUT2D eigenvalue weighted by Crippen LogP contribution is 2.29. The van der Waals surface area contributed by atoms with E-state index >= 15 is 0 Å². The molecular formula is C26H33N5O. The Morgan fingerprint density at radius 3 is 2.56 bits per heavy atom. The molecule has 6 heteroatoms. The van der Waals surface area contributed by atoms with Gasteiger partial charge in [0.05, 0.1) is 6.04 Å². The maximum atomic E-state index is 13.1. The van der Waals surface area contributed by atoms with Crippen LogP contribution in [0.1, 0.15) is 49.5 Å². The van der Waals surface area contributed by atoms with Crippen molar-refractivity contribution in [2.75, 3.05) is 26.7 Å². The lowest BCUT2D eigenvalue weighted by Gasteiger charge is -2.39. The molecule has 0 N–H and O–H groups in total. The Hall–Kier alpha value is -2.73. The second-order valence-corrected chi connectivity index (χ2v) is 9.28. The number of fused-ring (bicyclic) bond motifs is 1. The predicted octanol–water partition coefficient (Wildman–Crippen LogP) is 3.86. The van der Waals surface area contributed by atoms with Crippen LogP contribution in [-0.2, 0) is 17.6 Å². The summed E-state index contributed by atoms with van der Waals surface area (Å²) < 4.78 is 2.37. The standard InChI is InChI=1S/C26H33N5O/c1-29-17-6-5-11-23(29)26(32)30-18-14-21(15-19-30)31-24(13-12-20-8-3-2-4-9-20)28-22-10-7-16-27-25(22)31/h2-4,7-10,16,21,23H,5-6,11-15,17-19H2,1H3. The normalized spacial score (nSPS) is 20.7. The third-order valence-electron chi connectivity index (χ3n) is 7.20. The van der Waals surface area contributed by atoms with Gasteiger partial charge in [0.2, 0.25) is 5.91 Å². The van der Waals surface area contributed by atoms with Gasteiger partial charge in [-0.3, -0.25) is 9.69 Å². The van der Waals surface area contributed by atoms with E-state index in [2.05, 4.69) is 62.8 Å². The second kappa shape index (κ2) is 9.41. The van der Waals surface area contributed by atoms with Crippen LogP contribution >= 0.6 is 0 Å². The van der Waals surface area contributed by atoms with Crippen LogP contribution in [-0.4, -0.2) is 63.0 Å². The third kappa shape index (κ3) is 4.29. The van der Waals surface area contributed by atoms with Gasteiger partial charge >= 0.3 is 0 Å². The van der Waals surface area contributed by atoms with Crippen molar-refractivity contribution in [2.24, 2.45) is 0 Å². The zero-order valence-electron chi connectivity index (χ0n) is 19.0. The number of likely N-dealkylation sites (tertiary alicyclic amines) is 2. The molecule has 1 aromatic carbocycles. The van der Waals surface area contributed by atoms with Gasteiger partial charge in [-0.15, -0.1) is 0 Å². The molecule has 5 rings (SSSR count). The van der Waals surface area contributed by atoms with Crippen molar-refractivity contribution < 1.29 is 4.79 Å². The van der Waals surface area contributed by atoms with Crippen molar-refractivity contribution in [3.8, 4) is 0 Å². The Labute approximate surface area is 190 Å². The molecule has 0 radical (unpaired) electrons. The quantitative estimate of drug-likeness (QED) is 0.616. The monoisotopic (exact) mass is 431 g/mol. The second-order valence-electron chi connectivity index (χ2n) is 9.28. The number of aromatic nitrogens is 3. The number of benzene rings is 1. The molecule has 6 nitrogen and oxygen atoms in total. The number of aryl methyl sites for hydroxylation is 2. The van der Waals surface area contributed by atoms with Crippen molar-refractivity contribution in [2.45, 2.75) is 57.0 Å². The first-order valence-corrected chi connectivity index (χ1v) is 12.1. The molecule has 2 aliphatic rings. The maximum absolute atomic E-state index is 13.1. The van der Waals surface area contributed by atoms with Crippen LogP contribution in [0.5, 0.6) is 0 Å². The fourth-order valence-electron chi connectivity index (χ4n) is 5.38. The number of pyridine rings is 1. The summed E-state index contributed by atoms with van der Waals surface area (Å²) in [7, 11) is 2.09. The number of piperidine rings is 2. The number of likely N-dealkylation sites (N-methyl/N-ethyl adjacent to an activating group) is 1. The summed E-state index contributed by atoms with van der Waals surface area (Å²) in [5.41, 5.74) is 3.28. The number of hydrogen-bond acceptors (Lipinski definition) is 4. The smallest absolute Gasteiger partial charge is 0.239 e. The van der Waals surface area contributed by atoms with E-state index in [1.165, 1.54) is 12.0 Å². The van der Waals surface area contributed by atoms with Gasteiger partial charge in [-0.05, 0) is 63.4 Å². The molecule has 0 spiro atoms. The molecule has 1 unspecified atom stereocenters. The van der Waals surface area contributed by atoms with E-state index in [0.29, 0.717) is 11.9 Å². The summed E-state index contributed by atoms with van der Waals surface area (Å²) in [5.74, 6) is 1.43. The highest BCUT2D eigenvalue weighted by molar-refractivity contribution is 5.82. The number of hydrogen-bond donors (Lipinski definition) is 0. The van der Waals surface area contributed by atoms with E-state index in [-0.39, 0.29) is 6.04 Å². The summed E-state index contributed by atoms with van der Waals surface area (Å²) in [6.45, 7) is 2.67. The topological polar surface area (TPSA) is 54.3 Å². The minimum Gasteiger partial charge on any atom is -0.341 e. The van der Waals surface area contributed by atoms with Gasteiger partial charge < -0.3 is 9.47 Å². The number of carbonyl (C=O) groups is 1. The number of nitrogens with zero attached hydrogens (tertiary/aromatic N) is 5. The SMILES string of the molecule is CN1CCCCC1C(=O)N1CCC(n2c(CCc3ccccc3)nc3cccnc32)CC1. The molecule has 0 aliphatic carbocycles. The number of rotatable bonds is 5. The van der Waals surface area contributed by atoms with Crippen molar-refractivity contribution in [1.82, 2.24) is 24.3 Å². The zero-order chi connectivity index (χ0) is 21.9. The fourth-order valence-corrected chi connectivity index (χ4v) is 5.38. The summed E-state index contributed by atoms with van der Waals surface area (Å²) in [6.07, 6.45) is 9.00. The van der Waals surface area contributed by atoms with Crippen molar-refractivity contribution in [1.29, 1.82) is 0 Å². The van der Waals surface area contributed by atoms with Gasteiger partial charge in [-0.25, -0.2) is 9.97 Å². The lowest BCUT2D eigenvalue weighted by molar-refractivity contribution is -0.139. The highest BCUT2D eigenvalue weighted by Gasteiger charge is 2.33. The lowest BCUT2D eigenvalue weighted by Crippen LogP contribution is -2.51. The number of carbonyl (C=O) groups excluding carboxylic acids is 1. The molecule has 2 saturated heterocycles. The van der Waals surface area contributed by atoms with Crippen LogP contribution in [0, 0.1) is 0 Å². The number of amides is 1. The molecule has 3 aromatic rings. The molecule has 32 heavy (non-hydrogen) atoms. The lowest BCUT2D eigenvalue weighted by atomic mass is 9.99. The van der Waals surface area contributed by atoms with E-state index in [1.807, 2.05) is 12.3 Å². The van der Waals surface area contributed by atoms with Gasteiger partial charge in [-0.1, -0.05) is 36.8 Å². The van der Waals surface area contributed by atoms with Crippen molar-refractivity contribution in [3.05, 3.63) is 60.0 Å². The van der Waals surface area contributed by atoms with E-state index in [0.717, 1.165) is 75.1 Å². The predicted molar refractivity (Wildman–Crippen MR) is 126 cm³/mol. The average Bonchev–Trinajstić information content (AvgIpc) is 3.22. The van der Waals surface area contributed by atoms with E-state index in [4.69, 9.17) is 4.98 Å². The third-order valence-corrected chi connectivity index (χ3v) is 7.20. The van der Waals surface area contributed by atoms with Crippen LogP contribution in [0.2, 0.25) is 0 Å². The van der Waals surface area contributed by atoms with E-state index < -0.39 is 0 Å². The van der Waals surface area contributed by atoms with Crippen LogP contribution in [0.4, 0.5) is 0 Å². The minimum atomic E-state index is 0.0671. The van der Waals surface area contributed by atoms with Gasteiger partial charge in [0.15, 0.2) is 5.65 Å². The van der Waals surface area contributed by atoms with E-state index in [1.54, 1.807) is 0 Å². The molecule has 1 atom stereocenters. The Morgan fingerprint density at radius 2 is 1.78 bits per heavy atom. The Kier molecular flexibility index (Phi) is 6.21. The first-order chi connectivity index (χ1) is 15.7. The molecule has 168 valence electrons. The Balaban J connectivity index is 1.32. The molecule has 4 heterocycles. The highest BCUT2D eigenvalue weighted by atomic mass is 16.2. The molecule has 1 amide bonds. The molecular weight excluding hydrogens is 398 g/mol. The molecule has 0 saturated carbocycles. The Bertz CT molecular complexity index is 1050. The first-order valence-electron chi connectivity index (χ1n) is 12.1. The molecule has 2 aromatic heterocycles. The zero-order valence-corrected chi connectivity index (χ0v) is 19.0. The summed E-state index contributed by atoms with van der Waals surface area (Å²) in [4.78, 5) is 27.1. The number of imidazole rings is 1. The first kappa shape index (κ1) is 21.1. The summed E-state index contributed by atoms with van der Waals surface area (Å²) in [5, 5.41) is 0. The van der Waals surface area contributed by atoms with Crippen LogP contribution in [0.15, 0.2) is 48.7 Å². The van der Waals surface area contributed by atoms with Crippen LogP contribution < -0.4 is 0 Å². The van der Waals surface area contributed by atoms with Gasteiger partial charge in [0.1, 0.15) is 11.3 Å². The maximum Gasteiger partial charge on any atom is 0.239 e. The Morgan fingerprint density at radius 1 is 0.969 bits per heavy atom. The van der Waals surface area contributed by atoms with Gasteiger partial charge in [0.25, 0.3) is 0 Å². The van der Waals surface area contributed by atoms with E-state index in [9.17, 15) is 4.79 Å². The van der Waals surface area contributed by atoms with Crippen LogP contribution in [0.3, 0.4) is 0 Å². The van der Waals surface area contributed by atoms with Gasteiger partial charge in [-0.2, -0.15) is 0 Å². The van der Waals surface area contributed by atoms with Crippen molar-refractivity contribution >= 4 is 17.1 Å². The summed E-state index contributed by atoms with van der Waals surface area (Å²) in [6, 6.07) is 15.0. The van der Waals surface area contributed by atoms with Gasteiger partial charge in [0, 0.05) is 31.7 Å². The molecule has 2 aliphatic heterocycles. The molecule has 2 fully saturated rings. The largest absolute Gasteiger partial charge is 0.341 e.